The van der Waals surface area contributed by atoms with Crippen molar-refractivity contribution in [1.82, 2.24) is 9.97 Å². The third-order valence-electron chi connectivity index (χ3n) is 2.78. The topological polar surface area (TPSA) is 72.3 Å². The summed E-state index contributed by atoms with van der Waals surface area (Å²) in [5, 5.41) is 11.0. The lowest BCUT2D eigenvalue weighted by Gasteiger charge is -2.05. The van der Waals surface area contributed by atoms with Gasteiger partial charge in [-0.05, 0) is 29.0 Å². The number of ether oxygens (including phenoxy) is 1. The monoisotopic (exact) mass is 266 g/mol. The van der Waals surface area contributed by atoms with Gasteiger partial charge in [0.1, 0.15) is 5.75 Å². The molecule has 20 heavy (non-hydrogen) atoms. The molecule has 0 saturated carbocycles. The van der Waals surface area contributed by atoms with Crippen LogP contribution in [0.2, 0.25) is 0 Å². The highest BCUT2D eigenvalue weighted by molar-refractivity contribution is 5.85. The van der Waals surface area contributed by atoms with Crippen molar-refractivity contribution < 1.29 is 14.6 Å². The Kier molecular flexibility index (Phi) is 3.01. The molecular weight excluding hydrogens is 256 g/mol. The number of fused-ring (bicyclic) bond motifs is 1. The van der Waals surface area contributed by atoms with Gasteiger partial charge in [0.2, 0.25) is 0 Å². The van der Waals surface area contributed by atoms with Crippen LogP contribution in [0.25, 0.3) is 10.8 Å². The lowest BCUT2D eigenvalue weighted by atomic mass is 10.1. The van der Waals surface area contributed by atoms with Crippen LogP contribution in [0.5, 0.6) is 11.8 Å². The normalized spacial score (nSPS) is 10.4. The largest absolute Gasteiger partial charge is 0.477 e. The van der Waals surface area contributed by atoms with Crippen molar-refractivity contribution in [2.24, 2.45) is 0 Å². The first-order chi connectivity index (χ1) is 9.72. The molecule has 5 nitrogen and oxygen atoms in total. The second kappa shape index (κ2) is 4.97. The highest BCUT2D eigenvalue weighted by atomic mass is 16.5. The summed E-state index contributed by atoms with van der Waals surface area (Å²) in [6.45, 7) is 0. The van der Waals surface area contributed by atoms with Gasteiger partial charge in [-0.15, -0.1) is 0 Å². The number of benzene rings is 2. The predicted octanol–water partition coefficient (Wildman–Crippen LogP) is 3.12. The molecule has 3 rings (SSSR count). The van der Waals surface area contributed by atoms with E-state index in [-0.39, 0.29) is 11.7 Å². The summed E-state index contributed by atoms with van der Waals surface area (Å²) in [7, 11) is 0. The molecule has 0 bridgehead atoms. The van der Waals surface area contributed by atoms with E-state index in [1.807, 2.05) is 36.4 Å². The number of hydrogen-bond donors (Lipinski definition) is 1. The Morgan fingerprint density at radius 2 is 1.85 bits per heavy atom. The van der Waals surface area contributed by atoms with E-state index in [1.54, 1.807) is 6.07 Å². The Bertz CT molecular complexity index is 787. The molecule has 0 atom stereocenters. The third-order valence-corrected chi connectivity index (χ3v) is 2.78. The van der Waals surface area contributed by atoms with Gasteiger partial charge in [-0.2, -0.15) is 4.98 Å². The fraction of sp³-hybridized carbons (Fsp3) is 0. The average Bonchev–Trinajstić information content (AvgIpc) is 2.47. The summed E-state index contributed by atoms with van der Waals surface area (Å²) in [5.41, 5.74) is -0.101. The van der Waals surface area contributed by atoms with Gasteiger partial charge in [-0.25, -0.2) is 9.78 Å². The van der Waals surface area contributed by atoms with Crippen LogP contribution in [0.4, 0.5) is 0 Å². The molecule has 0 aliphatic carbocycles. The molecule has 0 aliphatic heterocycles. The Labute approximate surface area is 114 Å². The first kappa shape index (κ1) is 12.1. The molecule has 0 aliphatic rings. The van der Waals surface area contributed by atoms with Crippen LogP contribution in [-0.2, 0) is 0 Å². The highest BCUT2D eigenvalue weighted by Crippen LogP contribution is 2.23. The van der Waals surface area contributed by atoms with Gasteiger partial charge in [0, 0.05) is 6.20 Å². The second-order valence-electron chi connectivity index (χ2n) is 4.14. The molecule has 0 amide bonds. The van der Waals surface area contributed by atoms with Crippen LogP contribution in [0.3, 0.4) is 0 Å². The van der Waals surface area contributed by atoms with Gasteiger partial charge in [0.25, 0.3) is 0 Å². The fourth-order valence-electron chi connectivity index (χ4n) is 1.85. The minimum absolute atomic E-state index is 0.0141. The molecule has 1 N–H and O–H groups in total. The zero-order valence-corrected chi connectivity index (χ0v) is 10.4. The van der Waals surface area contributed by atoms with E-state index in [4.69, 9.17) is 9.84 Å². The van der Waals surface area contributed by atoms with Crippen molar-refractivity contribution in [2.75, 3.05) is 0 Å². The average molecular weight is 266 g/mol. The Morgan fingerprint density at radius 3 is 2.65 bits per heavy atom. The lowest BCUT2D eigenvalue weighted by molar-refractivity contribution is 0.0689. The van der Waals surface area contributed by atoms with E-state index in [9.17, 15) is 4.79 Å². The van der Waals surface area contributed by atoms with Crippen molar-refractivity contribution in [1.29, 1.82) is 0 Å². The minimum Gasteiger partial charge on any atom is -0.477 e. The van der Waals surface area contributed by atoms with Gasteiger partial charge in [0.05, 0.1) is 0 Å². The van der Waals surface area contributed by atoms with Crippen LogP contribution in [-0.4, -0.2) is 21.0 Å². The smallest absolute Gasteiger partial charge is 0.354 e. The SMILES string of the molecule is O=C(O)c1ccnc(Oc2ccc3ccccc3c2)n1. The van der Waals surface area contributed by atoms with E-state index >= 15 is 0 Å². The second-order valence-corrected chi connectivity index (χ2v) is 4.14. The number of hydrogen-bond acceptors (Lipinski definition) is 4. The van der Waals surface area contributed by atoms with Gasteiger partial charge in [-0.3, -0.25) is 0 Å². The van der Waals surface area contributed by atoms with E-state index in [2.05, 4.69) is 9.97 Å². The summed E-state index contributed by atoms with van der Waals surface area (Å²) in [4.78, 5) is 18.5. The molecule has 0 saturated heterocycles. The summed E-state index contributed by atoms with van der Waals surface area (Å²) in [6.07, 6.45) is 1.35. The van der Waals surface area contributed by atoms with Gasteiger partial charge in [0.15, 0.2) is 5.69 Å². The van der Waals surface area contributed by atoms with Crippen LogP contribution >= 0.6 is 0 Å². The Balaban J connectivity index is 1.92. The molecule has 0 unspecified atom stereocenters. The number of rotatable bonds is 3. The fourth-order valence-corrected chi connectivity index (χ4v) is 1.85. The lowest BCUT2D eigenvalue weighted by Crippen LogP contribution is -2.02. The molecule has 3 aromatic rings. The summed E-state index contributed by atoms with van der Waals surface area (Å²) >= 11 is 0. The van der Waals surface area contributed by atoms with E-state index in [0.717, 1.165) is 10.8 Å². The maximum absolute atomic E-state index is 10.8. The maximum Gasteiger partial charge on any atom is 0.354 e. The quantitative estimate of drug-likeness (QED) is 0.788. The predicted molar refractivity (Wildman–Crippen MR) is 73.0 cm³/mol. The van der Waals surface area contributed by atoms with Crippen molar-refractivity contribution in [3.8, 4) is 11.8 Å². The number of carboxylic acids is 1. The number of carbonyl (C=O) groups is 1. The molecule has 0 spiro atoms. The van der Waals surface area contributed by atoms with Crippen LogP contribution in [0, 0.1) is 0 Å². The third kappa shape index (κ3) is 2.42. The zero-order valence-electron chi connectivity index (χ0n) is 10.4. The van der Waals surface area contributed by atoms with Crippen molar-refractivity contribution >= 4 is 16.7 Å². The van der Waals surface area contributed by atoms with Crippen molar-refractivity contribution in [3.63, 3.8) is 0 Å². The molecule has 1 heterocycles. The molecule has 2 aromatic carbocycles. The maximum atomic E-state index is 10.8. The standard InChI is InChI=1S/C15H10N2O3/c18-14(19)13-7-8-16-15(17-13)20-12-6-5-10-3-1-2-4-11(10)9-12/h1-9H,(H,18,19). The molecule has 1 aromatic heterocycles. The highest BCUT2D eigenvalue weighted by Gasteiger charge is 2.08. The van der Waals surface area contributed by atoms with E-state index in [0.29, 0.717) is 5.75 Å². The number of aromatic nitrogens is 2. The molecule has 0 fully saturated rings. The Morgan fingerprint density at radius 1 is 1.05 bits per heavy atom. The van der Waals surface area contributed by atoms with Crippen LogP contribution in [0.15, 0.2) is 54.7 Å². The first-order valence-electron chi connectivity index (χ1n) is 5.95. The molecule has 5 heteroatoms. The van der Waals surface area contributed by atoms with Crippen LogP contribution in [0.1, 0.15) is 10.5 Å². The van der Waals surface area contributed by atoms with Crippen molar-refractivity contribution in [2.45, 2.75) is 0 Å². The van der Waals surface area contributed by atoms with Crippen LogP contribution < -0.4 is 4.74 Å². The van der Waals surface area contributed by atoms with E-state index < -0.39 is 5.97 Å². The molecule has 98 valence electrons. The minimum atomic E-state index is -1.12. The van der Waals surface area contributed by atoms with Gasteiger partial charge >= 0.3 is 12.0 Å². The molecule has 0 radical (unpaired) electrons. The van der Waals surface area contributed by atoms with Gasteiger partial charge < -0.3 is 9.84 Å². The number of carboxylic acid groups (broad SMARTS) is 1. The summed E-state index contributed by atoms with van der Waals surface area (Å²) in [5.74, 6) is -0.554. The van der Waals surface area contributed by atoms with Gasteiger partial charge in [-0.1, -0.05) is 30.3 Å². The summed E-state index contributed by atoms with van der Waals surface area (Å²) < 4.78 is 5.49. The number of aromatic carboxylic acids is 1. The van der Waals surface area contributed by atoms with E-state index in [1.165, 1.54) is 12.3 Å². The zero-order chi connectivity index (χ0) is 13.9. The number of nitrogens with zero attached hydrogens (tertiary/aromatic N) is 2. The summed E-state index contributed by atoms with van der Waals surface area (Å²) in [6, 6.07) is 14.8. The first-order valence-corrected chi connectivity index (χ1v) is 5.95. The molecular formula is C15H10N2O3. The Hall–Kier alpha value is -2.95. The van der Waals surface area contributed by atoms with Crippen molar-refractivity contribution in [3.05, 3.63) is 60.4 Å².